The molecule has 3 amide bonds. The highest BCUT2D eigenvalue weighted by Gasteiger charge is 2.19. The summed E-state index contributed by atoms with van der Waals surface area (Å²) in [5, 5.41) is 2.81. The summed E-state index contributed by atoms with van der Waals surface area (Å²) in [7, 11) is 0. The fourth-order valence-corrected chi connectivity index (χ4v) is 2.76. The number of carbonyl (C=O) groups is 3. The van der Waals surface area contributed by atoms with Gasteiger partial charge in [0.05, 0.1) is 15.6 Å². The third kappa shape index (κ3) is 6.37. The molecule has 0 aliphatic carbocycles. The monoisotopic (exact) mass is 437 g/mol. The van der Waals surface area contributed by atoms with Crippen molar-refractivity contribution in [2.24, 2.45) is 0 Å². The predicted molar refractivity (Wildman–Crippen MR) is 111 cm³/mol. The molecule has 0 saturated heterocycles. The lowest BCUT2D eigenvalue weighted by molar-refractivity contribution is -0.130. The van der Waals surface area contributed by atoms with Crippen LogP contribution in [-0.4, -0.2) is 30.4 Å². The lowest BCUT2D eigenvalue weighted by Crippen LogP contribution is -2.52. The Kier molecular flexibility index (Phi) is 8.30. The number of para-hydroxylation sites is 1. The van der Waals surface area contributed by atoms with E-state index < -0.39 is 23.8 Å². The molecule has 0 saturated carbocycles. The molecule has 1 unspecified atom stereocenters. The van der Waals surface area contributed by atoms with Crippen LogP contribution in [0.3, 0.4) is 0 Å². The molecular formula is C20H21Cl2N3O4. The Morgan fingerprint density at radius 1 is 1.03 bits per heavy atom. The van der Waals surface area contributed by atoms with E-state index in [-0.39, 0.29) is 22.2 Å². The topological polar surface area (TPSA) is 96.5 Å². The second kappa shape index (κ2) is 10.7. The van der Waals surface area contributed by atoms with Gasteiger partial charge in [-0.15, -0.1) is 0 Å². The smallest absolute Gasteiger partial charge is 0.276 e. The summed E-state index contributed by atoms with van der Waals surface area (Å²) >= 11 is 11.9. The molecule has 1 atom stereocenters. The molecule has 0 aromatic heterocycles. The summed E-state index contributed by atoms with van der Waals surface area (Å²) < 4.78 is 5.47. The van der Waals surface area contributed by atoms with Crippen LogP contribution in [-0.2, 0) is 16.0 Å². The highest BCUT2D eigenvalue weighted by molar-refractivity contribution is 6.43. The molecule has 29 heavy (non-hydrogen) atoms. The maximum absolute atomic E-state index is 12.2. The lowest BCUT2D eigenvalue weighted by Gasteiger charge is -2.16. The first-order chi connectivity index (χ1) is 13.8. The van der Waals surface area contributed by atoms with Crippen molar-refractivity contribution in [3.05, 3.63) is 63.6 Å². The van der Waals surface area contributed by atoms with Crippen molar-refractivity contribution < 1.29 is 19.1 Å². The van der Waals surface area contributed by atoms with E-state index in [1.807, 2.05) is 25.1 Å². The molecule has 2 aromatic rings. The Morgan fingerprint density at radius 3 is 2.48 bits per heavy atom. The molecule has 3 N–H and O–H groups in total. The van der Waals surface area contributed by atoms with Crippen molar-refractivity contribution in [2.45, 2.75) is 26.3 Å². The molecule has 0 radical (unpaired) electrons. The van der Waals surface area contributed by atoms with Crippen molar-refractivity contribution in [1.29, 1.82) is 0 Å². The first kappa shape index (κ1) is 22.5. The summed E-state index contributed by atoms with van der Waals surface area (Å²) in [5.41, 5.74) is 5.60. The quantitative estimate of drug-likeness (QED) is 0.580. The van der Waals surface area contributed by atoms with Gasteiger partial charge >= 0.3 is 0 Å². The van der Waals surface area contributed by atoms with Gasteiger partial charge in [-0.25, -0.2) is 0 Å². The number of amides is 3. The number of nitrogens with one attached hydrogen (secondary N) is 3. The van der Waals surface area contributed by atoms with Gasteiger partial charge in [-0.1, -0.05) is 54.4 Å². The van der Waals surface area contributed by atoms with Crippen molar-refractivity contribution in [3.8, 4) is 5.75 Å². The minimum Gasteiger partial charge on any atom is -0.483 e. The standard InChI is InChI=1S/C20H21Cl2N3O4/c1-3-13-7-4-5-10-16(13)29-11-17(26)24-25-19(27)12(2)23-20(28)14-8-6-9-15(21)18(14)22/h4-10,12H,3,11H2,1-2H3,(H,23,28)(H,24,26)(H,25,27). The van der Waals surface area contributed by atoms with Crippen LogP contribution in [0.2, 0.25) is 10.0 Å². The average Bonchev–Trinajstić information content (AvgIpc) is 2.72. The molecule has 0 aliphatic heterocycles. The molecule has 2 rings (SSSR count). The maximum atomic E-state index is 12.2. The lowest BCUT2D eigenvalue weighted by atomic mass is 10.1. The normalized spacial score (nSPS) is 11.3. The Labute approximate surface area is 178 Å². The van der Waals surface area contributed by atoms with Gasteiger partial charge < -0.3 is 10.1 Å². The van der Waals surface area contributed by atoms with Crippen LogP contribution in [0.5, 0.6) is 5.75 Å². The molecule has 0 heterocycles. The zero-order chi connectivity index (χ0) is 21.4. The summed E-state index contributed by atoms with van der Waals surface area (Å²) in [4.78, 5) is 36.2. The minimum absolute atomic E-state index is 0.0945. The average molecular weight is 438 g/mol. The molecule has 2 aromatic carbocycles. The summed E-state index contributed by atoms with van der Waals surface area (Å²) in [6.07, 6.45) is 0.766. The number of aryl methyl sites for hydroxylation is 1. The van der Waals surface area contributed by atoms with Gasteiger partial charge in [-0.2, -0.15) is 0 Å². The highest BCUT2D eigenvalue weighted by atomic mass is 35.5. The Morgan fingerprint density at radius 2 is 1.76 bits per heavy atom. The van der Waals surface area contributed by atoms with E-state index in [4.69, 9.17) is 27.9 Å². The van der Waals surface area contributed by atoms with E-state index in [2.05, 4.69) is 16.2 Å². The Balaban J connectivity index is 1.81. The van der Waals surface area contributed by atoms with Crippen LogP contribution in [0.15, 0.2) is 42.5 Å². The van der Waals surface area contributed by atoms with Gasteiger partial charge in [0.25, 0.3) is 17.7 Å². The number of rotatable bonds is 7. The Bertz CT molecular complexity index is 905. The number of ether oxygens (including phenoxy) is 1. The van der Waals surface area contributed by atoms with Crippen LogP contribution < -0.4 is 20.9 Å². The third-order valence-electron chi connectivity index (χ3n) is 3.97. The van der Waals surface area contributed by atoms with Crippen LogP contribution in [0.1, 0.15) is 29.8 Å². The Hall–Kier alpha value is -2.77. The predicted octanol–water partition coefficient (Wildman–Crippen LogP) is 2.90. The molecule has 154 valence electrons. The molecule has 0 bridgehead atoms. The van der Waals surface area contributed by atoms with Gasteiger partial charge in [0.2, 0.25) is 0 Å². The van der Waals surface area contributed by atoms with Crippen LogP contribution in [0.25, 0.3) is 0 Å². The number of hydrogen-bond donors (Lipinski definition) is 3. The van der Waals surface area contributed by atoms with Crippen LogP contribution in [0, 0.1) is 0 Å². The van der Waals surface area contributed by atoms with E-state index in [1.54, 1.807) is 18.2 Å². The zero-order valence-corrected chi connectivity index (χ0v) is 17.4. The van der Waals surface area contributed by atoms with E-state index in [0.717, 1.165) is 12.0 Å². The third-order valence-corrected chi connectivity index (χ3v) is 4.79. The largest absolute Gasteiger partial charge is 0.483 e. The van der Waals surface area contributed by atoms with Gasteiger partial charge in [0, 0.05) is 0 Å². The second-order valence-corrected chi connectivity index (χ2v) is 6.87. The number of halogens is 2. The minimum atomic E-state index is -0.931. The maximum Gasteiger partial charge on any atom is 0.276 e. The fraction of sp³-hybridized carbons (Fsp3) is 0.250. The van der Waals surface area contributed by atoms with Gasteiger partial charge in [0.1, 0.15) is 11.8 Å². The van der Waals surface area contributed by atoms with Gasteiger partial charge in [0.15, 0.2) is 6.61 Å². The second-order valence-electron chi connectivity index (χ2n) is 6.08. The summed E-state index contributed by atoms with van der Waals surface area (Å²) in [6.45, 7) is 3.18. The van der Waals surface area contributed by atoms with Crippen molar-refractivity contribution in [3.63, 3.8) is 0 Å². The zero-order valence-electron chi connectivity index (χ0n) is 15.9. The van der Waals surface area contributed by atoms with E-state index >= 15 is 0 Å². The molecule has 0 aliphatic rings. The van der Waals surface area contributed by atoms with Crippen LogP contribution in [0.4, 0.5) is 0 Å². The van der Waals surface area contributed by atoms with Crippen molar-refractivity contribution >= 4 is 40.9 Å². The number of benzene rings is 2. The number of hydrogen-bond acceptors (Lipinski definition) is 4. The van der Waals surface area contributed by atoms with Crippen LogP contribution >= 0.6 is 23.2 Å². The van der Waals surface area contributed by atoms with Gasteiger partial charge in [-0.05, 0) is 37.1 Å². The first-order valence-corrected chi connectivity index (χ1v) is 9.63. The van der Waals surface area contributed by atoms with Gasteiger partial charge in [-0.3, -0.25) is 25.2 Å². The van der Waals surface area contributed by atoms with Crippen molar-refractivity contribution in [1.82, 2.24) is 16.2 Å². The van der Waals surface area contributed by atoms with E-state index in [1.165, 1.54) is 13.0 Å². The fourth-order valence-electron chi connectivity index (χ4n) is 2.37. The molecule has 7 nitrogen and oxygen atoms in total. The molecule has 0 fully saturated rings. The van der Waals surface area contributed by atoms with Crippen molar-refractivity contribution in [2.75, 3.05) is 6.61 Å². The highest BCUT2D eigenvalue weighted by Crippen LogP contribution is 2.25. The number of carbonyl (C=O) groups excluding carboxylic acids is 3. The molecule has 0 spiro atoms. The molecular weight excluding hydrogens is 417 g/mol. The van der Waals surface area contributed by atoms with E-state index in [0.29, 0.717) is 5.75 Å². The first-order valence-electron chi connectivity index (χ1n) is 8.87. The SMILES string of the molecule is CCc1ccccc1OCC(=O)NNC(=O)C(C)NC(=O)c1cccc(Cl)c1Cl. The molecule has 9 heteroatoms. The van der Waals surface area contributed by atoms with E-state index in [9.17, 15) is 14.4 Å². The summed E-state index contributed by atoms with van der Waals surface area (Å²) in [6, 6.07) is 11.1. The summed E-state index contributed by atoms with van der Waals surface area (Å²) in [5.74, 6) is -1.11. The number of hydrazine groups is 1.